The van der Waals surface area contributed by atoms with E-state index in [4.69, 9.17) is 19.1 Å². The highest BCUT2D eigenvalue weighted by molar-refractivity contribution is 7.81. The largest absolute Gasteiger partial charge is 0.724 e. The van der Waals surface area contributed by atoms with Gasteiger partial charge >= 0.3 is 22.5 Å². The van der Waals surface area contributed by atoms with Gasteiger partial charge in [0.05, 0.1) is 38.3 Å². The van der Waals surface area contributed by atoms with Crippen molar-refractivity contribution in [2.45, 2.75) is 182 Å². The number of aromatic nitrogens is 4. The van der Waals surface area contributed by atoms with Crippen LogP contribution in [0.15, 0.2) is 8.83 Å². The molecule has 2 aromatic heterocycles. The fourth-order valence-electron chi connectivity index (χ4n) is 8.61. The topological polar surface area (TPSA) is 281 Å². The van der Waals surface area contributed by atoms with Crippen LogP contribution in [0, 0.1) is 5.41 Å². The zero-order chi connectivity index (χ0) is 48.4. The SMILES string of the molecule is CC(C)(C)Cc1nnc([C@@H]2CC[C@@H]3CN2C(=O)N3OS(=O)(=O)[O-])o1.CC(C)(N)Cc1nnc([C@@H]2CC[C@@H]3CN2C(=O)N3OS(=O)(=O)O)o1.CCCC[N+](CCCC)(CCCC)CCCC. The molecule has 65 heavy (non-hydrogen) atoms. The van der Waals surface area contributed by atoms with Crippen LogP contribution in [0.2, 0.25) is 0 Å². The lowest BCUT2D eigenvalue weighted by Gasteiger charge is -2.39. The molecular weight excluding hydrogens is 889 g/mol. The Hall–Kier alpha value is -3.52. The maximum absolute atomic E-state index is 12.3. The molecule has 4 saturated heterocycles. The average molecular weight is 963 g/mol. The third kappa shape index (κ3) is 16.3. The first-order chi connectivity index (χ1) is 30.3. The number of urea groups is 2. The quantitative estimate of drug-likeness (QED) is 0.0822. The highest BCUT2D eigenvalue weighted by atomic mass is 32.3. The molecule has 6 rings (SSSR count). The Morgan fingerprint density at radius 3 is 1.40 bits per heavy atom. The summed E-state index contributed by atoms with van der Waals surface area (Å²) < 4.78 is 84.2. The number of rotatable bonds is 21. The zero-order valence-electron chi connectivity index (χ0n) is 39.8. The molecule has 2 aromatic rings. The van der Waals surface area contributed by atoms with E-state index in [0.717, 1.165) is 0 Å². The molecule has 4 atom stereocenters. The summed E-state index contributed by atoms with van der Waals surface area (Å²) in [5.74, 6) is 1.45. The van der Waals surface area contributed by atoms with E-state index in [0.29, 0.717) is 66.3 Å². The number of hydrogen-bond donors (Lipinski definition) is 2. The van der Waals surface area contributed by atoms with E-state index >= 15 is 0 Å². The summed E-state index contributed by atoms with van der Waals surface area (Å²) >= 11 is 0. The van der Waals surface area contributed by atoms with Crippen LogP contribution >= 0.6 is 0 Å². The number of fused-ring (bicyclic) bond motifs is 4. The molecule has 22 nitrogen and oxygen atoms in total. The first kappa shape index (κ1) is 54.1. The van der Waals surface area contributed by atoms with Gasteiger partial charge in [0.15, 0.2) is 0 Å². The average Bonchev–Trinajstić information content (AvgIpc) is 3.97. The van der Waals surface area contributed by atoms with Crippen molar-refractivity contribution in [1.29, 1.82) is 0 Å². The summed E-state index contributed by atoms with van der Waals surface area (Å²) in [5.41, 5.74) is 5.39. The van der Waals surface area contributed by atoms with E-state index in [-0.39, 0.29) is 24.4 Å². The fraction of sp³-hybridized carbons (Fsp3) is 0.854. The predicted molar refractivity (Wildman–Crippen MR) is 236 cm³/mol. The zero-order valence-corrected chi connectivity index (χ0v) is 41.4. The number of carbonyl (C=O) groups excluding carboxylic acids is 2. The smallest absolute Gasteiger partial charge is 0.418 e. The maximum Gasteiger partial charge on any atom is 0.418 e. The van der Waals surface area contributed by atoms with Gasteiger partial charge in [-0.15, -0.1) is 24.7 Å². The molecule has 4 fully saturated rings. The van der Waals surface area contributed by atoms with Crippen molar-refractivity contribution in [3.8, 4) is 0 Å². The Balaban J connectivity index is 0.000000218. The number of carbonyl (C=O) groups is 2. The highest BCUT2D eigenvalue weighted by Crippen LogP contribution is 2.40. The lowest BCUT2D eigenvalue weighted by atomic mass is 9.92. The molecule has 0 radical (unpaired) electrons. The molecule has 0 aliphatic carbocycles. The molecule has 4 amide bonds. The molecule has 24 heteroatoms. The number of amides is 4. The van der Waals surface area contributed by atoms with E-state index < -0.39 is 62.6 Å². The van der Waals surface area contributed by atoms with Crippen molar-refractivity contribution in [3.05, 3.63) is 23.6 Å². The third-order valence-electron chi connectivity index (χ3n) is 11.8. The number of quaternary nitrogens is 1. The van der Waals surface area contributed by atoms with Crippen molar-refractivity contribution < 1.29 is 57.4 Å². The van der Waals surface area contributed by atoms with Gasteiger partial charge in [-0.25, -0.2) is 18.0 Å². The van der Waals surface area contributed by atoms with Gasteiger partial charge in [-0.3, -0.25) is 4.55 Å². The van der Waals surface area contributed by atoms with Gasteiger partial charge in [0.25, 0.3) is 0 Å². The lowest BCUT2D eigenvalue weighted by Crippen LogP contribution is -2.50. The molecule has 4 aliphatic rings. The van der Waals surface area contributed by atoms with Gasteiger partial charge in [0.2, 0.25) is 34.0 Å². The highest BCUT2D eigenvalue weighted by Gasteiger charge is 2.50. The van der Waals surface area contributed by atoms with Gasteiger partial charge in [0.1, 0.15) is 12.1 Å². The second-order valence-electron chi connectivity index (χ2n) is 19.6. The van der Waals surface area contributed by atoms with Gasteiger partial charge in [-0.05, 0) is 70.6 Å². The lowest BCUT2D eigenvalue weighted by molar-refractivity contribution is -0.929. The molecule has 4 aliphatic heterocycles. The Morgan fingerprint density at radius 2 is 1.06 bits per heavy atom. The molecule has 0 aromatic carbocycles. The molecule has 3 N–H and O–H groups in total. The Bertz CT molecular complexity index is 1890. The first-order valence-corrected chi connectivity index (χ1v) is 25.8. The summed E-state index contributed by atoms with van der Waals surface area (Å²) in [7, 11) is -9.76. The number of nitrogens with zero attached hydrogens (tertiary/aromatic N) is 9. The van der Waals surface area contributed by atoms with Gasteiger partial charge < -0.3 is 33.4 Å². The third-order valence-corrected chi connectivity index (χ3v) is 12.5. The van der Waals surface area contributed by atoms with E-state index in [1.54, 1.807) is 0 Å². The maximum atomic E-state index is 12.3. The number of hydrogen-bond acceptors (Lipinski definition) is 16. The van der Waals surface area contributed by atoms with E-state index in [9.17, 15) is 31.0 Å². The fourth-order valence-corrected chi connectivity index (χ4v) is 9.38. The standard InChI is InChI=1S/C16H36N.C13H20N4O6S.C12H19N5O6S/c1-5-9-13-17(14-10-6-2,15-11-7-3)16-12-8-4;1-13(2,3)6-10-14-15-11(22-10)9-5-4-8-7-16(9)12(18)17(8)23-24(19,20)21;1-12(2,13)5-9-14-15-10(22-9)8-4-3-7-6-16(8)11(18)17(7)23-24(19,20)21/h5-16H2,1-4H3;8-9H,4-7H2,1-3H3,(H,19,20,21);7-8H,3-6,13H2,1-2H3,(H,19,20,21)/q+1;;/p-1/t;8-,9+;7-,8+/m.11/s1. The molecule has 0 spiro atoms. The summed E-state index contributed by atoms with van der Waals surface area (Å²) in [6.07, 6.45) is 14.0. The molecule has 6 heterocycles. The number of piperidine rings is 2. The number of hydroxylamine groups is 4. The number of nitrogens with two attached hydrogens (primary N) is 1. The summed E-state index contributed by atoms with van der Waals surface area (Å²) in [6, 6.07) is -3.20. The van der Waals surface area contributed by atoms with Crippen molar-refractivity contribution in [2.75, 3.05) is 39.3 Å². The number of unbranched alkanes of at least 4 members (excludes halogenated alkanes) is 4. The Morgan fingerprint density at radius 1 is 0.677 bits per heavy atom. The van der Waals surface area contributed by atoms with Gasteiger partial charge in [0, 0.05) is 31.5 Å². The van der Waals surface area contributed by atoms with Crippen LogP contribution in [-0.4, -0.2) is 140 Å². The van der Waals surface area contributed by atoms with Crippen LogP contribution in [0.5, 0.6) is 0 Å². The monoisotopic (exact) mass is 962 g/mol. The minimum atomic E-state index is -5.00. The Labute approximate surface area is 385 Å². The van der Waals surface area contributed by atoms with Crippen LogP contribution in [0.4, 0.5) is 9.59 Å². The molecule has 372 valence electrons. The van der Waals surface area contributed by atoms with Crippen molar-refractivity contribution >= 4 is 32.9 Å². The van der Waals surface area contributed by atoms with Crippen LogP contribution < -0.4 is 5.73 Å². The normalized spacial score (nSPS) is 21.4. The molecular formula is C41H74N10O12S2. The molecule has 0 saturated carbocycles. The summed E-state index contributed by atoms with van der Waals surface area (Å²) in [5, 5.41) is 17.3. The first-order valence-electron chi connectivity index (χ1n) is 23.1. The second kappa shape index (κ2) is 23.0. The van der Waals surface area contributed by atoms with Crippen molar-refractivity contribution in [3.63, 3.8) is 0 Å². The van der Waals surface area contributed by atoms with Crippen LogP contribution in [0.1, 0.15) is 175 Å². The second-order valence-corrected chi connectivity index (χ2v) is 21.6. The van der Waals surface area contributed by atoms with Crippen LogP contribution in [0.25, 0.3) is 0 Å². The van der Waals surface area contributed by atoms with Crippen LogP contribution in [0.3, 0.4) is 0 Å². The minimum Gasteiger partial charge on any atom is -0.724 e. The van der Waals surface area contributed by atoms with Crippen molar-refractivity contribution in [2.24, 2.45) is 11.1 Å². The van der Waals surface area contributed by atoms with Gasteiger partial charge in [-0.2, -0.15) is 22.8 Å². The summed E-state index contributed by atoms with van der Waals surface area (Å²) in [4.78, 5) is 27.4. The molecule has 4 bridgehead atoms. The minimum absolute atomic E-state index is 0.0158. The summed E-state index contributed by atoms with van der Waals surface area (Å²) in [6.45, 7) is 25.3. The Kier molecular flexibility index (Phi) is 19.1. The van der Waals surface area contributed by atoms with E-state index in [2.05, 4.69) is 56.7 Å². The van der Waals surface area contributed by atoms with Crippen molar-refractivity contribution in [1.82, 2.24) is 40.3 Å². The van der Waals surface area contributed by atoms with Crippen LogP contribution in [-0.2, 0) is 42.2 Å². The van der Waals surface area contributed by atoms with E-state index in [1.807, 2.05) is 34.6 Å². The predicted octanol–water partition coefficient (Wildman–Crippen LogP) is 6.02. The van der Waals surface area contributed by atoms with Gasteiger partial charge in [-0.1, -0.05) is 74.1 Å². The molecule has 0 unspecified atom stereocenters. The van der Waals surface area contributed by atoms with E-state index in [1.165, 1.54) is 91.8 Å².